The van der Waals surface area contributed by atoms with E-state index in [0.29, 0.717) is 17.4 Å². The fourth-order valence-electron chi connectivity index (χ4n) is 5.38. The molecule has 3 heterocycles. The zero-order valence-electron chi connectivity index (χ0n) is 14.8. The van der Waals surface area contributed by atoms with Gasteiger partial charge in [0.2, 0.25) is 5.91 Å². The fraction of sp³-hybridized carbons (Fsp3) is 0.750. The summed E-state index contributed by atoms with van der Waals surface area (Å²) in [5, 5.41) is 7.81. The van der Waals surface area contributed by atoms with E-state index in [-0.39, 0.29) is 11.3 Å². The second kappa shape index (κ2) is 6.07. The van der Waals surface area contributed by atoms with Gasteiger partial charge in [0.25, 0.3) is 0 Å². The Morgan fingerprint density at radius 2 is 2.00 bits per heavy atom. The van der Waals surface area contributed by atoms with Gasteiger partial charge < -0.3 is 15.0 Å². The van der Waals surface area contributed by atoms with Crippen molar-refractivity contribution in [1.82, 2.24) is 10.2 Å². The molecule has 4 fully saturated rings. The van der Waals surface area contributed by atoms with E-state index in [9.17, 15) is 4.79 Å². The maximum absolute atomic E-state index is 13.5. The van der Waals surface area contributed by atoms with Gasteiger partial charge in [-0.15, -0.1) is 0 Å². The highest BCUT2D eigenvalue weighted by atomic mass is 32.1. The third-order valence-electron chi connectivity index (χ3n) is 7.31. The van der Waals surface area contributed by atoms with E-state index >= 15 is 0 Å². The van der Waals surface area contributed by atoms with Gasteiger partial charge in [-0.25, -0.2) is 0 Å². The van der Waals surface area contributed by atoms with E-state index in [1.807, 2.05) is 0 Å². The van der Waals surface area contributed by atoms with Gasteiger partial charge in [-0.3, -0.25) is 4.79 Å². The topological polar surface area (TPSA) is 41.6 Å². The highest BCUT2D eigenvalue weighted by Crippen LogP contribution is 2.62. The first kappa shape index (κ1) is 16.3. The third-order valence-corrected chi connectivity index (χ3v) is 8.05. The maximum atomic E-state index is 13.5. The Balaban J connectivity index is 1.34. The predicted molar refractivity (Wildman–Crippen MR) is 98.4 cm³/mol. The van der Waals surface area contributed by atoms with Gasteiger partial charge in [-0.1, -0.05) is 0 Å². The van der Waals surface area contributed by atoms with Crippen molar-refractivity contribution in [3.05, 3.63) is 22.4 Å². The largest absolute Gasteiger partial charge is 0.381 e. The van der Waals surface area contributed by atoms with Crippen molar-refractivity contribution in [2.75, 3.05) is 26.3 Å². The van der Waals surface area contributed by atoms with E-state index in [1.165, 1.54) is 24.8 Å². The van der Waals surface area contributed by atoms with Crippen LogP contribution in [0.5, 0.6) is 0 Å². The minimum Gasteiger partial charge on any atom is -0.381 e. The Morgan fingerprint density at radius 3 is 2.72 bits per heavy atom. The summed E-state index contributed by atoms with van der Waals surface area (Å²) in [4.78, 5) is 15.8. The van der Waals surface area contributed by atoms with E-state index in [2.05, 4.69) is 27.0 Å². The molecule has 2 aliphatic heterocycles. The molecule has 5 heteroatoms. The van der Waals surface area contributed by atoms with Crippen LogP contribution >= 0.6 is 11.3 Å². The molecule has 2 aliphatic carbocycles. The molecule has 0 bridgehead atoms. The van der Waals surface area contributed by atoms with Crippen LogP contribution in [0.25, 0.3) is 0 Å². The Bertz CT molecular complexity index is 632. The van der Waals surface area contributed by atoms with Crippen LogP contribution in [0.2, 0.25) is 0 Å². The van der Waals surface area contributed by atoms with Crippen molar-refractivity contribution >= 4 is 17.2 Å². The lowest BCUT2D eigenvalue weighted by molar-refractivity contribution is -0.136. The fourth-order valence-corrected chi connectivity index (χ4v) is 6.04. The summed E-state index contributed by atoms with van der Waals surface area (Å²) in [7, 11) is 0. The van der Waals surface area contributed by atoms with Crippen molar-refractivity contribution in [3.63, 3.8) is 0 Å². The number of carbonyl (C=O) groups is 1. The van der Waals surface area contributed by atoms with E-state index in [4.69, 9.17) is 4.74 Å². The molecule has 2 saturated carbocycles. The number of piperidine rings is 1. The van der Waals surface area contributed by atoms with Crippen LogP contribution in [-0.2, 0) is 16.1 Å². The number of hydrogen-bond donors (Lipinski definition) is 1. The lowest BCUT2D eigenvalue weighted by atomic mass is 9.92. The van der Waals surface area contributed by atoms with Crippen LogP contribution in [0.1, 0.15) is 44.1 Å². The van der Waals surface area contributed by atoms with Gasteiger partial charge in [-0.2, -0.15) is 11.3 Å². The van der Waals surface area contributed by atoms with Gasteiger partial charge >= 0.3 is 0 Å². The van der Waals surface area contributed by atoms with Crippen LogP contribution in [0.15, 0.2) is 16.8 Å². The summed E-state index contributed by atoms with van der Waals surface area (Å²) < 4.78 is 5.54. The molecule has 2 saturated heterocycles. The zero-order chi connectivity index (χ0) is 16.9. The smallest absolute Gasteiger partial charge is 0.226 e. The molecule has 136 valence electrons. The molecule has 1 amide bonds. The highest BCUT2D eigenvalue weighted by molar-refractivity contribution is 7.07. The standard InChI is InChI=1S/C20H28N2O2S/c23-18(16-11-19(16)4-8-24-9-5-19)22(13-15-1-10-25-14-15)17-12-20(17)2-6-21-7-3-20/h1,10,14,16-17,21H,2-9,11-13H2/t16-,17+/m0/s1. The Morgan fingerprint density at radius 1 is 1.20 bits per heavy atom. The monoisotopic (exact) mass is 360 g/mol. The third kappa shape index (κ3) is 2.84. The molecule has 4 aliphatic rings. The highest BCUT2D eigenvalue weighted by Gasteiger charge is 2.63. The van der Waals surface area contributed by atoms with Crippen molar-refractivity contribution in [1.29, 1.82) is 0 Å². The maximum Gasteiger partial charge on any atom is 0.226 e. The van der Waals surface area contributed by atoms with Gasteiger partial charge in [-0.05, 0) is 84.8 Å². The molecule has 0 aromatic carbocycles. The van der Waals surface area contributed by atoms with Crippen molar-refractivity contribution in [3.8, 4) is 0 Å². The summed E-state index contributed by atoms with van der Waals surface area (Å²) in [6.07, 6.45) is 6.93. The summed E-state index contributed by atoms with van der Waals surface area (Å²) in [5.74, 6) is 0.697. The summed E-state index contributed by atoms with van der Waals surface area (Å²) in [6.45, 7) is 4.72. The SMILES string of the molecule is O=C([C@@H]1CC12CCOCC2)N(Cc1ccsc1)[C@@H]1CC12CCNCC2. The first-order chi connectivity index (χ1) is 12.2. The van der Waals surface area contributed by atoms with E-state index in [0.717, 1.165) is 52.1 Å². The summed E-state index contributed by atoms with van der Waals surface area (Å²) in [5.41, 5.74) is 1.99. The molecule has 2 atom stereocenters. The van der Waals surface area contributed by atoms with Gasteiger partial charge in [0.15, 0.2) is 0 Å². The number of nitrogens with one attached hydrogen (secondary N) is 1. The van der Waals surface area contributed by atoms with Crippen molar-refractivity contribution in [2.24, 2.45) is 16.7 Å². The molecule has 4 nitrogen and oxygen atoms in total. The average molecular weight is 361 g/mol. The molecular weight excluding hydrogens is 332 g/mol. The Hall–Kier alpha value is -0.910. The van der Waals surface area contributed by atoms with Crippen LogP contribution < -0.4 is 5.32 Å². The molecule has 1 aromatic heterocycles. The first-order valence-corrected chi connectivity index (χ1v) is 10.8. The number of amides is 1. The normalized spacial score (nSPS) is 31.8. The lowest BCUT2D eigenvalue weighted by Gasteiger charge is -2.31. The number of nitrogens with zero attached hydrogens (tertiary/aromatic N) is 1. The van der Waals surface area contributed by atoms with Crippen LogP contribution in [0.4, 0.5) is 0 Å². The Labute approximate surface area is 153 Å². The van der Waals surface area contributed by atoms with Gasteiger partial charge in [0.1, 0.15) is 0 Å². The minimum atomic E-state index is 0.259. The quantitative estimate of drug-likeness (QED) is 0.897. The second-order valence-electron chi connectivity index (χ2n) is 8.66. The van der Waals surface area contributed by atoms with Crippen LogP contribution in [0.3, 0.4) is 0 Å². The van der Waals surface area contributed by atoms with Gasteiger partial charge in [0, 0.05) is 31.7 Å². The number of ether oxygens (including phenoxy) is 1. The minimum absolute atomic E-state index is 0.259. The molecule has 1 aromatic rings. The predicted octanol–water partition coefficient (Wildman–Crippen LogP) is 3.04. The van der Waals surface area contributed by atoms with E-state index < -0.39 is 0 Å². The number of thiophene rings is 1. The van der Waals surface area contributed by atoms with E-state index in [1.54, 1.807) is 11.3 Å². The lowest BCUT2D eigenvalue weighted by Crippen LogP contribution is -2.40. The molecule has 0 radical (unpaired) electrons. The zero-order valence-corrected chi connectivity index (χ0v) is 15.7. The van der Waals surface area contributed by atoms with Crippen molar-refractivity contribution < 1.29 is 9.53 Å². The number of rotatable bonds is 4. The summed E-state index contributed by atoms with van der Waals surface area (Å²) >= 11 is 1.73. The molecular formula is C20H28N2O2S. The molecule has 0 unspecified atom stereocenters. The molecule has 5 rings (SSSR count). The summed E-state index contributed by atoms with van der Waals surface area (Å²) in [6, 6.07) is 2.65. The number of hydrogen-bond acceptors (Lipinski definition) is 4. The molecule has 1 N–H and O–H groups in total. The Kier molecular flexibility index (Phi) is 3.95. The second-order valence-corrected chi connectivity index (χ2v) is 9.44. The molecule has 25 heavy (non-hydrogen) atoms. The average Bonchev–Trinajstić information content (AvgIpc) is 3.43. The van der Waals surface area contributed by atoms with Crippen molar-refractivity contribution in [2.45, 2.75) is 51.1 Å². The van der Waals surface area contributed by atoms with Gasteiger partial charge in [0.05, 0.1) is 0 Å². The van der Waals surface area contributed by atoms with Crippen LogP contribution in [-0.4, -0.2) is 43.2 Å². The first-order valence-electron chi connectivity index (χ1n) is 9.83. The molecule has 2 spiro atoms. The van der Waals surface area contributed by atoms with Crippen LogP contribution in [0, 0.1) is 16.7 Å². The number of carbonyl (C=O) groups excluding carboxylic acids is 1.